The first-order valence-electron chi connectivity index (χ1n) is 8.61. The van der Waals surface area contributed by atoms with Gasteiger partial charge in [0.1, 0.15) is 11.2 Å². The second-order valence-electron chi connectivity index (χ2n) is 6.58. The maximum atomic E-state index is 12.5. The normalized spacial score (nSPS) is 12.0. The van der Waals surface area contributed by atoms with Crippen molar-refractivity contribution in [3.05, 3.63) is 72.3 Å². The Morgan fingerprint density at radius 1 is 0.893 bits per heavy atom. The van der Waals surface area contributed by atoms with E-state index < -0.39 is 10.0 Å². The van der Waals surface area contributed by atoms with Gasteiger partial charge in [0, 0.05) is 42.2 Å². The highest BCUT2D eigenvalue weighted by Gasteiger charge is 2.17. The summed E-state index contributed by atoms with van der Waals surface area (Å²) in [5.74, 6) is -0.329. The molecular weight excluding hydrogens is 376 g/mol. The number of nitrogens with one attached hydrogen (secondary N) is 1. The van der Waals surface area contributed by atoms with Crippen LogP contribution < -0.4 is 5.32 Å². The van der Waals surface area contributed by atoms with Gasteiger partial charge in [-0.3, -0.25) is 4.79 Å². The van der Waals surface area contributed by atoms with E-state index in [2.05, 4.69) is 5.32 Å². The van der Waals surface area contributed by atoms with Crippen LogP contribution in [-0.2, 0) is 10.0 Å². The smallest absolute Gasteiger partial charge is 0.255 e. The molecule has 0 saturated heterocycles. The van der Waals surface area contributed by atoms with Crippen molar-refractivity contribution in [2.24, 2.45) is 0 Å². The number of para-hydroxylation sites is 1. The van der Waals surface area contributed by atoms with Crippen LogP contribution in [0, 0.1) is 0 Å². The van der Waals surface area contributed by atoms with Crippen molar-refractivity contribution >= 4 is 43.6 Å². The highest BCUT2D eigenvalue weighted by molar-refractivity contribution is 7.89. The van der Waals surface area contributed by atoms with Gasteiger partial charge in [-0.15, -0.1) is 0 Å². The SMILES string of the molecule is CN(C)S(=O)(=O)c1ccc(C(=O)Nc2ccc3c(c2)oc2ccccc23)cc1. The Hall–Kier alpha value is -3.16. The molecule has 1 heterocycles. The van der Waals surface area contributed by atoms with Crippen LogP contribution in [0.3, 0.4) is 0 Å². The van der Waals surface area contributed by atoms with Crippen LogP contribution in [-0.4, -0.2) is 32.7 Å². The summed E-state index contributed by atoms with van der Waals surface area (Å²) in [6.07, 6.45) is 0. The van der Waals surface area contributed by atoms with Crippen molar-refractivity contribution in [1.82, 2.24) is 4.31 Å². The van der Waals surface area contributed by atoms with Crippen molar-refractivity contribution in [3.8, 4) is 0 Å². The van der Waals surface area contributed by atoms with Crippen LogP contribution in [0.15, 0.2) is 76.0 Å². The third kappa shape index (κ3) is 3.15. The number of benzene rings is 3. The molecule has 6 nitrogen and oxygen atoms in total. The minimum Gasteiger partial charge on any atom is -0.456 e. The lowest BCUT2D eigenvalue weighted by Crippen LogP contribution is -2.22. The number of amides is 1. The molecule has 4 rings (SSSR count). The minimum absolute atomic E-state index is 0.137. The number of hydrogen-bond acceptors (Lipinski definition) is 4. The number of sulfonamides is 1. The zero-order valence-corrected chi connectivity index (χ0v) is 16.2. The molecule has 0 bridgehead atoms. The Labute approximate surface area is 162 Å². The van der Waals surface area contributed by atoms with Crippen molar-refractivity contribution in [1.29, 1.82) is 0 Å². The number of fused-ring (bicyclic) bond motifs is 3. The van der Waals surface area contributed by atoms with E-state index in [9.17, 15) is 13.2 Å². The summed E-state index contributed by atoms with van der Waals surface area (Å²) in [6, 6.07) is 19.1. The molecule has 0 spiro atoms. The van der Waals surface area contributed by atoms with E-state index in [1.54, 1.807) is 6.07 Å². The molecule has 1 amide bonds. The Balaban J connectivity index is 1.59. The van der Waals surface area contributed by atoms with Crippen LogP contribution in [0.25, 0.3) is 21.9 Å². The lowest BCUT2D eigenvalue weighted by Gasteiger charge is -2.11. The fourth-order valence-electron chi connectivity index (χ4n) is 3.00. The van der Waals surface area contributed by atoms with Gasteiger partial charge in [-0.05, 0) is 42.5 Å². The first-order valence-corrected chi connectivity index (χ1v) is 10.1. The molecular formula is C21H18N2O4S. The maximum Gasteiger partial charge on any atom is 0.255 e. The molecule has 1 aromatic heterocycles. The predicted octanol–water partition coefficient (Wildman–Crippen LogP) is 4.09. The first-order chi connectivity index (χ1) is 13.4. The summed E-state index contributed by atoms with van der Waals surface area (Å²) in [5, 5.41) is 4.82. The van der Waals surface area contributed by atoms with Gasteiger partial charge in [0.15, 0.2) is 0 Å². The quantitative estimate of drug-likeness (QED) is 0.565. The number of rotatable bonds is 4. The van der Waals surface area contributed by atoms with E-state index in [4.69, 9.17) is 4.42 Å². The molecule has 0 atom stereocenters. The number of anilines is 1. The standard InChI is InChI=1S/C21H18N2O4S/c1-23(2)28(25,26)16-10-7-14(8-11-16)21(24)22-15-9-12-18-17-5-3-4-6-19(17)27-20(18)13-15/h3-13H,1-2H3,(H,22,24). The molecule has 3 aromatic carbocycles. The zero-order chi connectivity index (χ0) is 19.9. The van der Waals surface area contributed by atoms with Crippen LogP contribution in [0.5, 0.6) is 0 Å². The maximum absolute atomic E-state index is 12.5. The minimum atomic E-state index is -3.53. The van der Waals surface area contributed by atoms with Gasteiger partial charge in [-0.25, -0.2) is 12.7 Å². The lowest BCUT2D eigenvalue weighted by atomic mass is 10.1. The molecule has 0 saturated carbocycles. The molecule has 0 fully saturated rings. The van der Waals surface area contributed by atoms with Crippen LogP contribution in [0.4, 0.5) is 5.69 Å². The molecule has 4 aromatic rings. The van der Waals surface area contributed by atoms with Crippen molar-refractivity contribution in [3.63, 3.8) is 0 Å². The van der Waals surface area contributed by atoms with Gasteiger partial charge in [0.05, 0.1) is 4.90 Å². The monoisotopic (exact) mass is 394 g/mol. The Kier molecular flexibility index (Phi) is 4.41. The molecule has 28 heavy (non-hydrogen) atoms. The lowest BCUT2D eigenvalue weighted by molar-refractivity contribution is 0.102. The number of furan rings is 1. The molecule has 1 N–H and O–H groups in total. The highest BCUT2D eigenvalue weighted by Crippen LogP contribution is 2.30. The van der Waals surface area contributed by atoms with Crippen molar-refractivity contribution < 1.29 is 17.6 Å². The summed E-state index contributed by atoms with van der Waals surface area (Å²) >= 11 is 0. The van der Waals surface area contributed by atoms with E-state index >= 15 is 0 Å². The molecule has 0 aliphatic carbocycles. The molecule has 0 unspecified atom stereocenters. The van der Waals surface area contributed by atoms with Crippen LogP contribution >= 0.6 is 0 Å². The van der Waals surface area contributed by atoms with Gasteiger partial charge >= 0.3 is 0 Å². The number of hydrogen-bond donors (Lipinski definition) is 1. The average Bonchev–Trinajstić information content (AvgIpc) is 3.05. The third-order valence-electron chi connectivity index (χ3n) is 4.53. The number of nitrogens with zero attached hydrogens (tertiary/aromatic N) is 1. The fraction of sp³-hybridized carbons (Fsp3) is 0.0952. The van der Waals surface area contributed by atoms with E-state index in [0.29, 0.717) is 16.8 Å². The van der Waals surface area contributed by atoms with E-state index in [1.165, 1.54) is 38.4 Å². The van der Waals surface area contributed by atoms with E-state index in [1.807, 2.05) is 36.4 Å². The predicted molar refractivity (Wildman–Crippen MR) is 109 cm³/mol. The van der Waals surface area contributed by atoms with E-state index in [-0.39, 0.29) is 10.8 Å². The molecule has 142 valence electrons. The Bertz CT molecular complexity index is 1290. The molecule has 0 radical (unpaired) electrons. The summed E-state index contributed by atoms with van der Waals surface area (Å²) in [6.45, 7) is 0. The average molecular weight is 394 g/mol. The van der Waals surface area contributed by atoms with Crippen LogP contribution in [0.2, 0.25) is 0 Å². The molecule has 7 heteroatoms. The largest absolute Gasteiger partial charge is 0.456 e. The Morgan fingerprint density at radius 2 is 1.57 bits per heavy atom. The second kappa shape index (κ2) is 6.78. The third-order valence-corrected chi connectivity index (χ3v) is 6.36. The summed E-state index contributed by atoms with van der Waals surface area (Å²) < 4.78 is 31.2. The number of carbonyl (C=O) groups is 1. The van der Waals surface area contributed by atoms with Crippen molar-refractivity contribution in [2.75, 3.05) is 19.4 Å². The zero-order valence-electron chi connectivity index (χ0n) is 15.3. The summed E-state index contributed by atoms with van der Waals surface area (Å²) in [7, 11) is -0.601. The molecule has 0 aliphatic rings. The van der Waals surface area contributed by atoms with E-state index in [0.717, 1.165) is 20.7 Å². The topological polar surface area (TPSA) is 79.6 Å². The van der Waals surface area contributed by atoms with Gasteiger partial charge in [-0.1, -0.05) is 18.2 Å². The van der Waals surface area contributed by atoms with Gasteiger partial charge in [0.25, 0.3) is 5.91 Å². The first kappa shape index (κ1) is 18.2. The number of carbonyl (C=O) groups excluding carboxylic acids is 1. The van der Waals surface area contributed by atoms with Crippen LogP contribution in [0.1, 0.15) is 10.4 Å². The summed E-state index contributed by atoms with van der Waals surface area (Å²) in [5.41, 5.74) is 2.44. The Morgan fingerprint density at radius 3 is 2.29 bits per heavy atom. The van der Waals surface area contributed by atoms with Crippen molar-refractivity contribution in [2.45, 2.75) is 4.90 Å². The van der Waals surface area contributed by atoms with Gasteiger partial charge in [0.2, 0.25) is 10.0 Å². The molecule has 0 aliphatic heterocycles. The second-order valence-corrected chi connectivity index (χ2v) is 8.73. The van der Waals surface area contributed by atoms with Gasteiger partial charge < -0.3 is 9.73 Å². The van der Waals surface area contributed by atoms with Gasteiger partial charge in [-0.2, -0.15) is 0 Å². The summed E-state index contributed by atoms with van der Waals surface area (Å²) in [4.78, 5) is 12.7. The fourth-order valence-corrected chi connectivity index (χ4v) is 3.90. The highest BCUT2D eigenvalue weighted by atomic mass is 32.2.